The fraction of sp³-hybridized carbons (Fsp3) is 0.350. The lowest BCUT2D eigenvalue weighted by atomic mass is 9.87. The topological polar surface area (TPSA) is 44.8 Å². The fourth-order valence-electron chi connectivity index (χ4n) is 2.72. The van der Waals surface area contributed by atoms with Crippen LogP contribution in [0.15, 0.2) is 48.5 Å². The van der Waals surface area contributed by atoms with Crippen LogP contribution in [0, 0.1) is 0 Å². The fourth-order valence-corrected chi connectivity index (χ4v) is 2.72. The van der Waals surface area contributed by atoms with E-state index in [1.807, 2.05) is 55.5 Å². The van der Waals surface area contributed by atoms with Gasteiger partial charge >= 0.3 is 5.97 Å². The minimum atomic E-state index is -0.278. The SMILES string of the molecule is CCC(=O)OC(C)C(c1ccc(OC)cc1)c1ccc(OC)cc1. The number of hydrogen-bond acceptors (Lipinski definition) is 4. The van der Waals surface area contributed by atoms with Crippen LogP contribution in [0.3, 0.4) is 0 Å². The monoisotopic (exact) mass is 328 g/mol. The standard InChI is InChI=1S/C20H24O4/c1-5-19(21)24-14(2)20(15-6-10-17(22-3)11-7-15)16-8-12-18(23-4)13-9-16/h6-14,20H,5H2,1-4H3. The van der Waals surface area contributed by atoms with Crippen LogP contribution < -0.4 is 9.47 Å². The highest BCUT2D eigenvalue weighted by Crippen LogP contribution is 2.32. The number of esters is 1. The molecule has 24 heavy (non-hydrogen) atoms. The molecular formula is C20H24O4. The molecule has 0 saturated carbocycles. The lowest BCUT2D eigenvalue weighted by Crippen LogP contribution is -2.23. The number of rotatable bonds is 7. The van der Waals surface area contributed by atoms with Crippen molar-refractivity contribution >= 4 is 5.97 Å². The number of benzene rings is 2. The van der Waals surface area contributed by atoms with Gasteiger partial charge in [0.1, 0.15) is 17.6 Å². The minimum absolute atomic E-state index is 0.0580. The van der Waals surface area contributed by atoms with Gasteiger partial charge in [0, 0.05) is 12.3 Å². The van der Waals surface area contributed by atoms with Crippen LogP contribution >= 0.6 is 0 Å². The molecule has 2 aromatic rings. The number of carbonyl (C=O) groups excluding carboxylic acids is 1. The Morgan fingerprint density at radius 3 is 1.62 bits per heavy atom. The van der Waals surface area contributed by atoms with Crippen LogP contribution in [0.25, 0.3) is 0 Å². The molecule has 0 radical (unpaired) electrons. The van der Waals surface area contributed by atoms with Crippen molar-refractivity contribution in [3.05, 3.63) is 59.7 Å². The summed E-state index contributed by atoms with van der Waals surface area (Å²) >= 11 is 0. The molecule has 4 nitrogen and oxygen atoms in total. The van der Waals surface area contributed by atoms with Crippen molar-refractivity contribution in [2.45, 2.75) is 32.3 Å². The Morgan fingerprint density at radius 2 is 1.29 bits per heavy atom. The highest BCUT2D eigenvalue weighted by Gasteiger charge is 2.24. The van der Waals surface area contributed by atoms with E-state index in [1.54, 1.807) is 21.1 Å². The van der Waals surface area contributed by atoms with Gasteiger partial charge < -0.3 is 14.2 Å². The summed E-state index contributed by atoms with van der Waals surface area (Å²) in [6, 6.07) is 15.7. The van der Waals surface area contributed by atoms with Crippen LogP contribution in [0.1, 0.15) is 37.3 Å². The van der Waals surface area contributed by atoms with Gasteiger partial charge in [-0.25, -0.2) is 0 Å². The van der Waals surface area contributed by atoms with Gasteiger partial charge in [0.05, 0.1) is 14.2 Å². The third kappa shape index (κ3) is 4.28. The number of methoxy groups -OCH3 is 2. The minimum Gasteiger partial charge on any atom is -0.497 e. The van der Waals surface area contributed by atoms with Crippen molar-refractivity contribution < 1.29 is 19.0 Å². The predicted molar refractivity (Wildman–Crippen MR) is 93.7 cm³/mol. The molecule has 1 atom stereocenters. The molecule has 1 unspecified atom stereocenters. The van der Waals surface area contributed by atoms with E-state index in [1.165, 1.54) is 0 Å². The quantitative estimate of drug-likeness (QED) is 0.715. The molecule has 128 valence electrons. The molecule has 0 fully saturated rings. The zero-order valence-corrected chi connectivity index (χ0v) is 14.6. The second-order valence-corrected chi connectivity index (χ2v) is 5.57. The van der Waals surface area contributed by atoms with Gasteiger partial charge in [-0.15, -0.1) is 0 Å². The van der Waals surface area contributed by atoms with E-state index in [4.69, 9.17) is 14.2 Å². The first-order valence-electron chi connectivity index (χ1n) is 8.06. The highest BCUT2D eigenvalue weighted by atomic mass is 16.5. The van der Waals surface area contributed by atoms with E-state index >= 15 is 0 Å². The molecular weight excluding hydrogens is 304 g/mol. The first-order valence-corrected chi connectivity index (χ1v) is 8.06. The van der Waals surface area contributed by atoms with Gasteiger partial charge in [-0.2, -0.15) is 0 Å². The van der Waals surface area contributed by atoms with Gasteiger partial charge in [-0.3, -0.25) is 4.79 Å². The molecule has 0 saturated heterocycles. The zero-order valence-electron chi connectivity index (χ0n) is 14.6. The summed E-state index contributed by atoms with van der Waals surface area (Å²) in [7, 11) is 3.28. The lowest BCUT2D eigenvalue weighted by Gasteiger charge is -2.25. The second-order valence-electron chi connectivity index (χ2n) is 5.57. The third-order valence-electron chi connectivity index (χ3n) is 4.03. The van der Waals surface area contributed by atoms with Gasteiger partial charge in [-0.05, 0) is 42.3 Å². The Balaban J connectivity index is 2.36. The number of hydrogen-bond donors (Lipinski definition) is 0. The number of carbonyl (C=O) groups is 1. The maximum atomic E-state index is 11.7. The molecule has 0 aromatic heterocycles. The normalized spacial score (nSPS) is 11.9. The second kappa shape index (κ2) is 8.39. The third-order valence-corrected chi connectivity index (χ3v) is 4.03. The Kier molecular flexibility index (Phi) is 6.24. The predicted octanol–water partition coefficient (Wildman–Crippen LogP) is 4.18. The van der Waals surface area contributed by atoms with Gasteiger partial charge in [0.25, 0.3) is 0 Å². The molecule has 0 aliphatic carbocycles. The van der Waals surface area contributed by atoms with Crippen LogP contribution in [0.2, 0.25) is 0 Å². The van der Waals surface area contributed by atoms with E-state index in [0.717, 1.165) is 22.6 Å². The molecule has 0 aliphatic rings. The molecule has 0 N–H and O–H groups in total. The van der Waals surface area contributed by atoms with Crippen LogP contribution in [-0.2, 0) is 9.53 Å². The first-order chi connectivity index (χ1) is 11.6. The highest BCUT2D eigenvalue weighted by molar-refractivity contribution is 5.69. The van der Waals surface area contributed by atoms with Crippen molar-refractivity contribution in [2.24, 2.45) is 0 Å². The van der Waals surface area contributed by atoms with Crippen molar-refractivity contribution in [2.75, 3.05) is 14.2 Å². The zero-order chi connectivity index (χ0) is 17.5. The Labute approximate surface area is 143 Å². The Bertz CT molecular complexity index is 599. The van der Waals surface area contributed by atoms with Crippen LogP contribution in [0.4, 0.5) is 0 Å². The molecule has 0 aliphatic heterocycles. The number of ether oxygens (including phenoxy) is 3. The maximum absolute atomic E-state index is 11.7. The Hall–Kier alpha value is -2.49. The van der Waals surface area contributed by atoms with Gasteiger partial charge in [0.15, 0.2) is 0 Å². The van der Waals surface area contributed by atoms with Crippen molar-refractivity contribution in [1.29, 1.82) is 0 Å². The maximum Gasteiger partial charge on any atom is 0.305 e. The Morgan fingerprint density at radius 1 is 0.875 bits per heavy atom. The van der Waals surface area contributed by atoms with Crippen molar-refractivity contribution in [3.63, 3.8) is 0 Å². The summed E-state index contributed by atoms with van der Waals surface area (Å²) in [6.07, 6.45) is 0.0849. The summed E-state index contributed by atoms with van der Waals surface area (Å²) < 4.78 is 16.0. The lowest BCUT2D eigenvalue weighted by molar-refractivity contribution is -0.148. The molecule has 2 aromatic carbocycles. The summed E-state index contributed by atoms with van der Waals surface area (Å²) in [4.78, 5) is 11.7. The smallest absolute Gasteiger partial charge is 0.305 e. The molecule has 0 bridgehead atoms. The summed E-state index contributed by atoms with van der Waals surface area (Å²) in [5.41, 5.74) is 2.13. The van der Waals surface area contributed by atoms with Crippen molar-refractivity contribution in [3.8, 4) is 11.5 Å². The van der Waals surface area contributed by atoms with Gasteiger partial charge in [0.2, 0.25) is 0 Å². The average molecular weight is 328 g/mol. The molecule has 2 rings (SSSR count). The van der Waals surface area contributed by atoms with E-state index < -0.39 is 0 Å². The summed E-state index contributed by atoms with van der Waals surface area (Å²) in [6.45, 7) is 3.72. The largest absolute Gasteiger partial charge is 0.497 e. The molecule has 0 spiro atoms. The van der Waals surface area contributed by atoms with E-state index in [0.29, 0.717) is 6.42 Å². The van der Waals surface area contributed by atoms with E-state index in [2.05, 4.69) is 0 Å². The summed E-state index contributed by atoms with van der Waals surface area (Å²) in [5, 5.41) is 0. The van der Waals surface area contributed by atoms with Gasteiger partial charge in [-0.1, -0.05) is 31.2 Å². The average Bonchev–Trinajstić information content (AvgIpc) is 2.63. The first kappa shape index (κ1) is 17.9. The van der Waals surface area contributed by atoms with E-state index in [-0.39, 0.29) is 18.0 Å². The summed E-state index contributed by atoms with van der Waals surface area (Å²) in [5.74, 6) is 1.34. The van der Waals surface area contributed by atoms with E-state index in [9.17, 15) is 4.79 Å². The van der Waals surface area contributed by atoms with Crippen LogP contribution in [0.5, 0.6) is 11.5 Å². The molecule has 0 heterocycles. The van der Waals surface area contributed by atoms with Crippen molar-refractivity contribution in [1.82, 2.24) is 0 Å². The molecule has 0 amide bonds. The van der Waals surface area contributed by atoms with Crippen LogP contribution in [-0.4, -0.2) is 26.3 Å². The molecule has 4 heteroatoms.